The zero-order chi connectivity index (χ0) is 21.5. The summed E-state index contributed by atoms with van der Waals surface area (Å²) in [4.78, 5) is 21.7. The molecule has 2 aliphatic carbocycles. The van der Waals surface area contributed by atoms with Crippen molar-refractivity contribution in [3.05, 3.63) is 35.2 Å². The third-order valence-corrected chi connectivity index (χ3v) is 6.84. The molecule has 0 saturated heterocycles. The summed E-state index contributed by atoms with van der Waals surface area (Å²) in [5.74, 6) is 0.925. The van der Waals surface area contributed by atoms with Crippen LogP contribution in [-0.2, 0) is 5.54 Å². The van der Waals surface area contributed by atoms with Gasteiger partial charge in [-0.2, -0.15) is 4.98 Å². The van der Waals surface area contributed by atoms with E-state index in [0.717, 1.165) is 31.2 Å². The Hall–Kier alpha value is -1.85. The minimum absolute atomic E-state index is 0.0725. The van der Waals surface area contributed by atoms with E-state index >= 15 is 0 Å². The monoisotopic (exact) mass is 532 g/mol. The van der Waals surface area contributed by atoms with E-state index in [1.54, 1.807) is 13.1 Å². The maximum Gasteiger partial charge on any atom is 0.272 e. The lowest BCUT2D eigenvalue weighted by atomic mass is 9.93. The van der Waals surface area contributed by atoms with Crippen LogP contribution >= 0.6 is 22.6 Å². The highest BCUT2D eigenvalue weighted by Crippen LogP contribution is 2.52. The standard InChI is InChI=1S/C20H23F2IN4O3/c1-11-25-18(27-30-11)19(2,10-20(23)5-6-20)26-17(28)14-7-15(29-9-16(21)22)13(8-24-14)12-3-4-12/h7-8,12,16H,3-6,9-10H2,1-2H3,(H,26,28). The maximum absolute atomic E-state index is 13.1. The van der Waals surface area contributed by atoms with Crippen molar-refractivity contribution >= 4 is 28.5 Å². The van der Waals surface area contributed by atoms with Crippen LogP contribution in [0.4, 0.5) is 8.78 Å². The molecule has 30 heavy (non-hydrogen) atoms. The first-order valence-corrected chi connectivity index (χ1v) is 11.0. The van der Waals surface area contributed by atoms with Crippen LogP contribution in [0.25, 0.3) is 0 Å². The van der Waals surface area contributed by atoms with Gasteiger partial charge < -0.3 is 14.6 Å². The molecule has 2 aliphatic rings. The summed E-state index contributed by atoms with van der Waals surface area (Å²) in [6.07, 6.45) is 3.64. The fourth-order valence-corrected chi connectivity index (χ4v) is 4.55. The first kappa shape index (κ1) is 21.4. The predicted molar refractivity (Wildman–Crippen MR) is 112 cm³/mol. The smallest absolute Gasteiger partial charge is 0.272 e. The Balaban J connectivity index is 1.58. The minimum Gasteiger partial charge on any atom is -0.487 e. The zero-order valence-electron chi connectivity index (χ0n) is 16.8. The predicted octanol–water partition coefficient (Wildman–Crippen LogP) is 4.30. The SMILES string of the molecule is Cc1nc(C(C)(CC2(I)CC2)NC(=O)c2cc(OCC(F)F)c(C3CC3)cn2)no1. The van der Waals surface area contributed by atoms with Crippen LogP contribution in [0.5, 0.6) is 5.75 Å². The van der Waals surface area contributed by atoms with Gasteiger partial charge in [0.2, 0.25) is 5.89 Å². The molecule has 1 unspecified atom stereocenters. The Kier molecular flexibility index (Phi) is 5.71. The van der Waals surface area contributed by atoms with Crippen molar-refractivity contribution in [3.8, 4) is 5.75 Å². The molecule has 1 amide bonds. The van der Waals surface area contributed by atoms with E-state index in [0.29, 0.717) is 23.9 Å². The molecule has 162 valence electrons. The number of amides is 1. The van der Waals surface area contributed by atoms with Crippen LogP contribution in [0.2, 0.25) is 0 Å². The number of hydrogen-bond donors (Lipinski definition) is 1. The van der Waals surface area contributed by atoms with Gasteiger partial charge in [0.25, 0.3) is 12.3 Å². The van der Waals surface area contributed by atoms with Crippen molar-refractivity contribution in [1.29, 1.82) is 0 Å². The number of hydrogen-bond acceptors (Lipinski definition) is 6. The first-order valence-electron chi connectivity index (χ1n) is 9.91. The number of rotatable bonds is 9. The normalized spacial score (nSPS) is 19.4. The number of carbonyl (C=O) groups is 1. The summed E-state index contributed by atoms with van der Waals surface area (Å²) in [5.41, 5.74) is 0.0225. The van der Waals surface area contributed by atoms with Gasteiger partial charge in [0.05, 0.1) is 0 Å². The van der Waals surface area contributed by atoms with Crippen LogP contribution in [0.15, 0.2) is 16.8 Å². The minimum atomic E-state index is -2.59. The number of alkyl halides is 3. The van der Waals surface area contributed by atoms with Crippen LogP contribution in [0.1, 0.15) is 72.7 Å². The van der Waals surface area contributed by atoms with Gasteiger partial charge in [-0.05, 0) is 44.9 Å². The molecule has 7 nitrogen and oxygen atoms in total. The van der Waals surface area contributed by atoms with Crippen molar-refractivity contribution in [2.45, 2.75) is 67.3 Å². The molecule has 2 heterocycles. The molecule has 0 aliphatic heterocycles. The molecule has 1 N–H and O–H groups in total. The lowest BCUT2D eigenvalue weighted by molar-refractivity contribution is 0.0811. The van der Waals surface area contributed by atoms with Crippen LogP contribution in [0, 0.1) is 6.92 Å². The summed E-state index contributed by atoms with van der Waals surface area (Å²) in [7, 11) is 0. The Bertz CT molecular complexity index is 946. The van der Waals surface area contributed by atoms with Gasteiger partial charge in [-0.3, -0.25) is 9.78 Å². The van der Waals surface area contributed by atoms with E-state index in [1.165, 1.54) is 6.07 Å². The van der Waals surface area contributed by atoms with Gasteiger partial charge in [0.15, 0.2) is 5.82 Å². The molecular weight excluding hydrogens is 509 g/mol. The molecule has 0 aromatic carbocycles. The molecular formula is C20H23F2IN4O3. The number of nitrogens with zero attached hydrogens (tertiary/aromatic N) is 3. The Morgan fingerprint density at radius 1 is 1.47 bits per heavy atom. The molecule has 2 fully saturated rings. The van der Waals surface area contributed by atoms with Crippen molar-refractivity contribution in [3.63, 3.8) is 0 Å². The third-order valence-electron chi connectivity index (χ3n) is 5.38. The number of nitrogens with one attached hydrogen (secondary N) is 1. The quantitative estimate of drug-likeness (QED) is 0.383. The summed E-state index contributed by atoms with van der Waals surface area (Å²) in [6, 6.07) is 1.45. The van der Waals surface area contributed by atoms with Gasteiger partial charge >= 0.3 is 0 Å². The summed E-state index contributed by atoms with van der Waals surface area (Å²) in [6.45, 7) is 2.84. The Morgan fingerprint density at radius 3 is 2.77 bits per heavy atom. The number of ether oxygens (including phenoxy) is 1. The summed E-state index contributed by atoms with van der Waals surface area (Å²) in [5, 5.41) is 7.02. The van der Waals surface area contributed by atoms with Gasteiger partial charge in [0, 0.05) is 28.2 Å². The second-order valence-electron chi connectivity index (χ2n) is 8.33. The average molecular weight is 532 g/mol. The topological polar surface area (TPSA) is 90.1 Å². The van der Waals surface area contributed by atoms with E-state index in [1.807, 2.05) is 6.92 Å². The van der Waals surface area contributed by atoms with Gasteiger partial charge in [-0.25, -0.2) is 8.78 Å². The molecule has 1 atom stereocenters. The van der Waals surface area contributed by atoms with E-state index in [4.69, 9.17) is 9.26 Å². The molecule has 2 aromatic rings. The van der Waals surface area contributed by atoms with Crippen molar-refractivity contribution < 1.29 is 22.8 Å². The highest BCUT2D eigenvalue weighted by Gasteiger charge is 2.48. The summed E-state index contributed by atoms with van der Waals surface area (Å²) < 4.78 is 35.8. The van der Waals surface area contributed by atoms with Crippen molar-refractivity contribution in [2.24, 2.45) is 0 Å². The lowest BCUT2D eigenvalue weighted by Crippen LogP contribution is -2.46. The molecule has 0 spiro atoms. The molecule has 0 radical (unpaired) electrons. The number of halogens is 3. The number of carbonyl (C=O) groups excluding carboxylic acids is 1. The number of aromatic nitrogens is 3. The third kappa shape index (κ3) is 4.89. The largest absolute Gasteiger partial charge is 0.487 e. The molecule has 4 rings (SSSR count). The second-order valence-corrected chi connectivity index (χ2v) is 10.6. The van der Waals surface area contributed by atoms with Crippen LogP contribution < -0.4 is 10.1 Å². The fraction of sp³-hybridized carbons (Fsp3) is 0.600. The van der Waals surface area contributed by atoms with E-state index in [9.17, 15) is 13.6 Å². The van der Waals surface area contributed by atoms with E-state index in [-0.39, 0.29) is 15.0 Å². The zero-order valence-corrected chi connectivity index (χ0v) is 18.9. The van der Waals surface area contributed by atoms with E-state index in [2.05, 4.69) is 43.0 Å². The average Bonchev–Trinajstić information content (AvgIpc) is 3.60. The maximum atomic E-state index is 13.1. The molecule has 2 saturated carbocycles. The molecule has 10 heteroatoms. The van der Waals surface area contributed by atoms with Crippen molar-refractivity contribution in [1.82, 2.24) is 20.4 Å². The van der Waals surface area contributed by atoms with Gasteiger partial charge in [-0.1, -0.05) is 27.7 Å². The lowest BCUT2D eigenvalue weighted by Gasteiger charge is -2.29. The number of aryl methyl sites for hydroxylation is 1. The highest BCUT2D eigenvalue weighted by atomic mass is 127. The van der Waals surface area contributed by atoms with Crippen LogP contribution in [0.3, 0.4) is 0 Å². The Morgan fingerprint density at radius 2 is 2.20 bits per heavy atom. The Labute approximate surface area is 186 Å². The second kappa shape index (κ2) is 8.01. The molecule has 2 aromatic heterocycles. The van der Waals surface area contributed by atoms with Gasteiger partial charge in [-0.15, -0.1) is 0 Å². The number of pyridine rings is 1. The van der Waals surface area contributed by atoms with Gasteiger partial charge in [0.1, 0.15) is 23.6 Å². The molecule has 0 bridgehead atoms. The van der Waals surface area contributed by atoms with Crippen molar-refractivity contribution in [2.75, 3.05) is 6.61 Å². The van der Waals surface area contributed by atoms with Crippen LogP contribution in [-0.4, -0.2) is 37.5 Å². The highest BCUT2D eigenvalue weighted by molar-refractivity contribution is 14.1. The van der Waals surface area contributed by atoms with E-state index < -0.39 is 24.5 Å². The fourth-order valence-electron chi connectivity index (χ4n) is 3.51. The first-order chi connectivity index (χ1) is 14.2. The summed E-state index contributed by atoms with van der Waals surface area (Å²) >= 11 is 2.40.